The normalized spacial score (nSPS) is 16.3. The molecule has 1 aliphatic rings. The maximum atomic E-state index is 13.0. The zero-order chi connectivity index (χ0) is 18.1. The number of nitrogens with one attached hydrogen (secondary N) is 1. The van der Waals surface area contributed by atoms with Crippen LogP contribution < -0.4 is 0 Å². The molecule has 3 nitrogen and oxygen atoms in total. The van der Waals surface area contributed by atoms with Gasteiger partial charge in [-0.05, 0) is 35.8 Å². The van der Waals surface area contributed by atoms with Crippen LogP contribution in [-0.4, -0.2) is 22.3 Å². The molecular formula is C21H20N2OS2. The predicted octanol–water partition coefficient (Wildman–Crippen LogP) is 4.83. The maximum Gasteiger partial charge on any atom is 0.228 e. The summed E-state index contributed by atoms with van der Waals surface area (Å²) in [6.07, 6.45) is 0.410. The molecule has 0 spiro atoms. The molecule has 0 saturated heterocycles. The molecule has 2 aromatic carbocycles. The van der Waals surface area contributed by atoms with E-state index in [0.29, 0.717) is 19.5 Å². The number of carbonyl (C=O) groups excluding carboxylic acids is 1. The number of amides is 1. The van der Waals surface area contributed by atoms with Crippen molar-refractivity contribution in [3.8, 4) is 0 Å². The Kier molecular flexibility index (Phi) is 4.74. The lowest BCUT2D eigenvalue weighted by atomic mass is 9.84. The van der Waals surface area contributed by atoms with E-state index in [2.05, 4.69) is 53.5 Å². The minimum absolute atomic E-state index is 0.161. The number of rotatable bonds is 3. The van der Waals surface area contributed by atoms with E-state index < -0.39 is 0 Å². The van der Waals surface area contributed by atoms with Crippen molar-refractivity contribution in [2.24, 2.45) is 0 Å². The lowest BCUT2D eigenvalue weighted by molar-refractivity contribution is -0.131. The highest BCUT2D eigenvalue weighted by molar-refractivity contribution is 7.73. The van der Waals surface area contributed by atoms with Crippen LogP contribution in [0.15, 0.2) is 54.6 Å². The fraction of sp³-hybridized carbons (Fsp3) is 0.238. The Morgan fingerprint density at radius 1 is 1.19 bits per heavy atom. The average Bonchev–Trinajstić information content (AvgIpc) is 2.98. The number of aromatic amines is 1. The van der Waals surface area contributed by atoms with Gasteiger partial charge in [0.05, 0.1) is 6.42 Å². The van der Waals surface area contributed by atoms with E-state index in [1.165, 1.54) is 28.0 Å². The number of aryl methyl sites for hydroxylation is 1. The number of hydrogen-bond acceptors (Lipinski definition) is 3. The van der Waals surface area contributed by atoms with Gasteiger partial charge in [-0.2, -0.15) is 0 Å². The molecule has 5 heteroatoms. The smallest absolute Gasteiger partial charge is 0.228 e. The van der Waals surface area contributed by atoms with Gasteiger partial charge in [-0.1, -0.05) is 54.6 Å². The second kappa shape index (κ2) is 7.17. The van der Waals surface area contributed by atoms with Gasteiger partial charge < -0.3 is 9.88 Å². The van der Waals surface area contributed by atoms with Crippen LogP contribution in [0.1, 0.15) is 33.2 Å². The van der Waals surface area contributed by atoms with Crippen molar-refractivity contribution in [2.75, 3.05) is 6.54 Å². The lowest BCUT2D eigenvalue weighted by Crippen LogP contribution is -2.39. The van der Waals surface area contributed by atoms with E-state index >= 15 is 0 Å². The molecule has 26 heavy (non-hydrogen) atoms. The van der Waals surface area contributed by atoms with Crippen molar-refractivity contribution in [3.05, 3.63) is 85.8 Å². The number of fused-ring (bicyclic) bond motifs is 1. The van der Waals surface area contributed by atoms with Crippen LogP contribution in [0.4, 0.5) is 0 Å². The van der Waals surface area contributed by atoms with Gasteiger partial charge in [0.1, 0.15) is 0 Å². The van der Waals surface area contributed by atoms with E-state index in [-0.39, 0.29) is 11.8 Å². The van der Waals surface area contributed by atoms with Crippen LogP contribution in [0.2, 0.25) is 0 Å². The van der Waals surface area contributed by atoms with Gasteiger partial charge in [0.2, 0.25) is 5.91 Å². The third kappa shape index (κ3) is 3.37. The van der Waals surface area contributed by atoms with Gasteiger partial charge in [0, 0.05) is 29.6 Å². The monoisotopic (exact) mass is 380 g/mol. The number of carbonyl (C=O) groups is 1. The average molecular weight is 381 g/mol. The standard InChI is InChI=1S/C21H20N2OS2/c1-14-19(26-21(25)22-14)11-20(24)23-12-16-9-5-6-10-17(16)18(13-23)15-7-3-2-4-8-15/h2-10,18H,11-13H2,1H3,(H,22,25)/t18-/m0/s1. The predicted molar refractivity (Wildman–Crippen MR) is 108 cm³/mol. The Hall–Kier alpha value is -2.24. The molecule has 0 unspecified atom stereocenters. The summed E-state index contributed by atoms with van der Waals surface area (Å²) in [5.74, 6) is 0.379. The highest BCUT2D eigenvalue weighted by atomic mass is 32.1. The Morgan fingerprint density at radius 3 is 2.65 bits per heavy atom. The number of nitrogens with zero attached hydrogens (tertiary/aromatic N) is 1. The molecule has 3 aromatic rings. The van der Waals surface area contributed by atoms with Crippen molar-refractivity contribution >= 4 is 29.5 Å². The molecule has 4 rings (SSSR count). The lowest BCUT2D eigenvalue weighted by Gasteiger charge is -2.35. The van der Waals surface area contributed by atoms with Crippen LogP contribution in [0.25, 0.3) is 0 Å². The third-order valence-corrected chi connectivity index (χ3v) is 6.32. The zero-order valence-electron chi connectivity index (χ0n) is 14.6. The van der Waals surface area contributed by atoms with E-state index in [4.69, 9.17) is 12.2 Å². The van der Waals surface area contributed by atoms with E-state index in [0.717, 1.165) is 14.5 Å². The molecule has 1 atom stereocenters. The van der Waals surface area contributed by atoms with Crippen LogP contribution >= 0.6 is 23.6 Å². The second-order valence-electron chi connectivity index (χ2n) is 6.68. The molecular weight excluding hydrogens is 360 g/mol. The highest BCUT2D eigenvalue weighted by Gasteiger charge is 2.29. The first-order valence-corrected chi connectivity index (χ1v) is 9.93. The van der Waals surface area contributed by atoms with Crippen molar-refractivity contribution in [2.45, 2.75) is 25.8 Å². The quantitative estimate of drug-likeness (QED) is 0.661. The molecule has 1 N–H and O–H groups in total. The molecule has 0 bridgehead atoms. The SMILES string of the molecule is Cc1[nH]c(=S)sc1CC(=O)N1Cc2ccccc2[C@H](c2ccccc2)C1. The number of hydrogen-bond donors (Lipinski definition) is 1. The molecule has 1 aliphatic heterocycles. The molecule has 0 radical (unpaired) electrons. The Labute approximate surface area is 162 Å². The number of H-pyrrole nitrogens is 1. The Bertz CT molecular complexity index is 991. The highest BCUT2D eigenvalue weighted by Crippen LogP contribution is 2.33. The molecule has 0 aliphatic carbocycles. The fourth-order valence-electron chi connectivity index (χ4n) is 3.62. The maximum absolute atomic E-state index is 13.0. The fourth-order valence-corrected chi connectivity index (χ4v) is 4.90. The van der Waals surface area contributed by atoms with Crippen LogP contribution in [0, 0.1) is 10.9 Å². The zero-order valence-corrected chi connectivity index (χ0v) is 16.2. The molecule has 2 heterocycles. The molecule has 0 saturated carbocycles. The van der Waals surface area contributed by atoms with Gasteiger partial charge in [-0.3, -0.25) is 4.79 Å². The van der Waals surface area contributed by atoms with E-state index in [1.807, 2.05) is 17.9 Å². The Balaban J connectivity index is 1.63. The summed E-state index contributed by atoms with van der Waals surface area (Å²) < 4.78 is 0.733. The van der Waals surface area contributed by atoms with Gasteiger partial charge in [0.15, 0.2) is 3.95 Å². The number of thiazole rings is 1. The van der Waals surface area contributed by atoms with Gasteiger partial charge >= 0.3 is 0 Å². The van der Waals surface area contributed by atoms with Crippen molar-refractivity contribution in [1.82, 2.24) is 9.88 Å². The minimum atomic E-state index is 0.161. The van der Waals surface area contributed by atoms with E-state index in [1.54, 1.807) is 0 Å². The number of benzene rings is 2. The molecule has 132 valence electrons. The van der Waals surface area contributed by atoms with Gasteiger partial charge in [-0.25, -0.2) is 0 Å². The van der Waals surface area contributed by atoms with Gasteiger partial charge in [0.25, 0.3) is 0 Å². The third-order valence-electron chi connectivity index (χ3n) is 4.98. The summed E-state index contributed by atoms with van der Waals surface area (Å²) in [6.45, 7) is 3.37. The van der Waals surface area contributed by atoms with Crippen molar-refractivity contribution < 1.29 is 4.79 Å². The first-order chi connectivity index (χ1) is 12.6. The molecule has 1 amide bonds. The minimum Gasteiger partial charge on any atom is -0.341 e. The first kappa shape index (κ1) is 17.2. The summed E-state index contributed by atoms with van der Waals surface area (Å²) >= 11 is 6.70. The van der Waals surface area contributed by atoms with Crippen molar-refractivity contribution in [1.29, 1.82) is 0 Å². The van der Waals surface area contributed by atoms with Crippen LogP contribution in [0.3, 0.4) is 0 Å². The van der Waals surface area contributed by atoms with E-state index in [9.17, 15) is 4.79 Å². The summed E-state index contributed by atoms with van der Waals surface area (Å²) in [4.78, 5) is 19.2. The summed E-state index contributed by atoms with van der Waals surface area (Å²) in [6, 6.07) is 18.9. The topological polar surface area (TPSA) is 36.1 Å². The molecule has 1 aromatic heterocycles. The molecule has 0 fully saturated rings. The first-order valence-electron chi connectivity index (χ1n) is 8.71. The van der Waals surface area contributed by atoms with Crippen LogP contribution in [-0.2, 0) is 17.8 Å². The Morgan fingerprint density at radius 2 is 1.92 bits per heavy atom. The number of aromatic nitrogens is 1. The van der Waals surface area contributed by atoms with Crippen LogP contribution in [0.5, 0.6) is 0 Å². The summed E-state index contributed by atoms with van der Waals surface area (Å²) in [7, 11) is 0. The van der Waals surface area contributed by atoms with Crippen molar-refractivity contribution in [3.63, 3.8) is 0 Å². The van der Waals surface area contributed by atoms with Gasteiger partial charge in [-0.15, -0.1) is 11.3 Å². The summed E-state index contributed by atoms with van der Waals surface area (Å²) in [5.41, 5.74) is 4.83. The summed E-state index contributed by atoms with van der Waals surface area (Å²) in [5, 5.41) is 0. The second-order valence-corrected chi connectivity index (χ2v) is 8.45. The largest absolute Gasteiger partial charge is 0.341 e.